The first-order valence-corrected chi connectivity index (χ1v) is 12.0. The topological polar surface area (TPSA) is 58.6 Å². The lowest BCUT2D eigenvalue weighted by Crippen LogP contribution is -2.48. The van der Waals surface area contributed by atoms with Gasteiger partial charge in [-0.25, -0.2) is 0 Å². The summed E-state index contributed by atoms with van der Waals surface area (Å²) in [5.74, 6) is 0.547. The number of rotatable bonds is 7. The van der Waals surface area contributed by atoms with Crippen LogP contribution in [0.1, 0.15) is 19.4 Å². The molecular weight excluding hydrogens is 416 g/mol. The van der Waals surface area contributed by atoms with E-state index in [0.29, 0.717) is 10.9 Å². The number of piperazine rings is 1. The Morgan fingerprint density at radius 1 is 1.10 bits per heavy atom. The SMILES string of the molecule is CC(C)Oc1nnc(SCC(=O)N2CCN(Cc3cccc4ccccc34)CC2)s1. The maximum Gasteiger partial charge on any atom is 0.295 e. The predicted molar refractivity (Wildman–Crippen MR) is 122 cm³/mol. The van der Waals surface area contributed by atoms with E-state index in [1.54, 1.807) is 0 Å². The zero-order valence-electron chi connectivity index (χ0n) is 17.3. The molecule has 0 bridgehead atoms. The molecule has 6 nitrogen and oxygen atoms in total. The summed E-state index contributed by atoms with van der Waals surface area (Å²) in [7, 11) is 0. The minimum atomic E-state index is 0.0719. The number of carbonyl (C=O) groups is 1. The number of hydrogen-bond acceptors (Lipinski definition) is 7. The second-order valence-electron chi connectivity index (χ2n) is 7.58. The summed E-state index contributed by atoms with van der Waals surface area (Å²) in [6, 6.07) is 15.0. The molecule has 3 aromatic rings. The van der Waals surface area contributed by atoms with E-state index in [1.807, 2.05) is 18.7 Å². The second-order valence-corrected chi connectivity index (χ2v) is 9.75. The molecule has 4 rings (SSSR count). The number of amides is 1. The average Bonchev–Trinajstić information content (AvgIpc) is 3.19. The number of aromatic nitrogens is 2. The van der Waals surface area contributed by atoms with E-state index in [9.17, 15) is 4.79 Å². The van der Waals surface area contributed by atoms with Gasteiger partial charge in [-0.15, -0.1) is 5.10 Å². The van der Waals surface area contributed by atoms with E-state index in [2.05, 4.69) is 57.6 Å². The maximum atomic E-state index is 12.6. The summed E-state index contributed by atoms with van der Waals surface area (Å²) in [6.45, 7) is 8.15. The van der Waals surface area contributed by atoms with Gasteiger partial charge in [-0.05, 0) is 41.5 Å². The van der Waals surface area contributed by atoms with Crippen molar-refractivity contribution in [2.75, 3.05) is 31.9 Å². The molecule has 1 aliphatic rings. The molecule has 1 aliphatic heterocycles. The van der Waals surface area contributed by atoms with E-state index in [0.717, 1.165) is 37.1 Å². The Morgan fingerprint density at radius 2 is 1.87 bits per heavy atom. The van der Waals surface area contributed by atoms with Gasteiger partial charge in [-0.3, -0.25) is 9.69 Å². The van der Waals surface area contributed by atoms with Crippen molar-refractivity contribution >= 4 is 39.8 Å². The monoisotopic (exact) mass is 442 g/mol. The number of benzene rings is 2. The van der Waals surface area contributed by atoms with Gasteiger partial charge in [0, 0.05) is 32.7 Å². The lowest BCUT2D eigenvalue weighted by atomic mass is 10.0. The summed E-state index contributed by atoms with van der Waals surface area (Å²) < 4.78 is 6.31. The first kappa shape index (κ1) is 21.1. The summed E-state index contributed by atoms with van der Waals surface area (Å²) in [5.41, 5.74) is 1.35. The number of ether oxygens (including phenoxy) is 1. The van der Waals surface area contributed by atoms with Gasteiger partial charge in [0.15, 0.2) is 4.34 Å². The molecule has 30 heavy (non-hydrogen) atoms. The molecule has 1 fully saturated rings. The Balaban J connectivity index is 1.26. The van der Waals surface area contributed by atoms with E-state index < -0.39 is 0 Å². The molecule has 158 valence electrons. The van der Waals surface area contributed by atoms with E-state index >= 15 is 0 Å². The molecule has 1 aromatic heterocycles. The van der Waals surface area contributed by atoms with Crippen LogP contribution in [0.4, 0.5) is 0 Å². The van der Waals surface area contributed by atoms with Crippen LogP contribution in [0, 0.1) is 0 Å². The third-order valence-corrected chi connectivity index (χ3v) is 6.97. The summed E-state index contributed by atoms with van der Waals surface area (Å²) in [6.07, 6.45) is 0.0719. The molecular formula is C22H26N4O2S2. The molecule has 0 spiro atoms. The predicted octanol–water partition coefficient (Wildman–Crippen LogP) is 3.92. The first-order chi connectivity index (χ1) is 14.6. The number of nitrogens with zero attached hydrogens (tertiary/aromatic N) is 4. The van der Waals surface area contributed by atoms with Crippen molar-refractivity contribution in [2.45, 2.75) is 30.8 Å². The standard InChI is InChI=1S/C22H26N4O2S2/c1-16(2)28-21-23-24-22(30-21)29-15-20(27)26-12-10-25(11-13-26)14-18-8-5-7-17-6-3-4-9-19(17)18/h3-9,16H,10-15H2,1-2H3. The van der Waals surface area contributed by atoms with Crippen molar-refractivity contribution in [1.29, 1.82) is 0 Å². The van der Waals surface area contributed by atoms with Crippen LogP contribution in [-0.2, 0) is 11.3 Å². The van der Waals surface area contributed by atoms with Crippen LogP contribution in [0.25, 0.3) is 10.8 Å². The highest BCUT2D eigenvalue weighted by Crippen LogP contribution is 2.28. The Kier molecular flexibility index (Phi) is 6.86. The van der Waals surface area contributed by atoms with Crippen molar-refractivity contribution in [1.82, 2.24) is 20.0 Å². The zero-order valence-corrected chi connectivity index (χ0v) is 18.9. The molecule has 0 unspecified atom stereocenters. The molecule has 8 heteroatoms. The van der Waals surface area contributed by atoms with E-state index in [4.69, 9.17) is 4.74 Å². The van der Waals surface area contributed by atoms with Gasteiger partial charge in [-0.1, -0.05) is 59.3 Å². The smallest absolute Gasteiger partial charge is 0.295 e. The number of hydrogen-bond donors (Lipinski definition) is 0. The van der Waals surface area contributed by atoms with E-state index in [1.165, 1.54) is 39.4 Å². The Morgan fingerprint density at radius 3 is 2.67 bits per heavy atom. The van der Waals surface area contributed by atoms with Crippen LogP contribution in [0.2, 0.25) is 0 Å². The van der Waals surface area contributed by atoms with Gasteiger partial charge >= 0.3 is 0 Å². The summed E-state index contributed by atoms with van der Waals surface area (Å²) in [5, 5.41) is 11.3. The van der Waals surface area contributed by atoms with Crippen LogP contribution in [0.3, 0.4) is 0 Å². The van der Waals surface area contributed by atoms with Crippen LogP contribution in [-0.4, -0.2) is 63.9 Å². The third kappa shape index (κ3) is 5.30. The molecule has 0 saturated carbocycles. The number of thioether (sulfide) groups is 1. The van der Waals surface area contributed by atoms with Gasteiger partial charge in [0.1, 0.15) is 0 Å². The second kappa shape index (κ2) is 9.76. The molecule has 0 atom stereocenters. The van der Waals surface area contributed by atoms with Gasteiger partial charge in [0.2, 0.25) is 5.91 Å². The van der Waals surface area contributed by atoms with Crippen LogP contribution in [0.5, 0.6) is 5.19 Å². The zero-order chi connectivity index (χ0) is 20.9. The number of fused-ring (bicyclic) bond motifs is 1. The fourth-order valence-corrected chi connectivity index (χ4v) is 5.25. The molecule has 1 saturated heterocycles. The summed E-state index contributed by atoms with van der Waals surface area (Å²) >= 11 is 2.83. The lowest BCUT2D eigenvalue weighted by Gasteiger charge is -2.34. The quantitative estimate of drug-likeness (QED) is 0.517. The fourth-order valence-electron chi connectivity index (χ4n) is 3.55. The Labute approximate surface area is 185 Å². The molecule has 0 radical (unpaired) electrons. The fraction of sp³-hybridized carbons (Fsp3) is 0.409. The van der Waals surface area contributed by atoms with Crippen molar-refractivity contribution in [3.63, 3.8) is 0 Å². The molecule has 2 heterocycles. The first-order valence-electron chi connectivity index (χ1n) is 10.2. The molecule has 0 N–H and O–H groups in total. The lowest BCUT2D eigenvalue weighted by molar-refractivity contribution is -0.130. The van der Waals surface area contributed by atoms with Crippen molar-refractivity contribution in [2.24, 2.45) is 0 Å². The molecule has 1 amide bonds. The van der Waals surface area contributed by atoms with Gasteiger partial charge in [0.25, 0.3) is 5.19 Å². The minimum absolute atomic E-state index is 0.0719. The van der Waals surface area contributed by atoms with Gasteiger partial charge < -0.3 is 9.64 Å². The van der Waals surface area contributed by atoms with Crippen molar-refractivity contribution < 1.29 is 9.53 Å². The molecule has 0 aliphatic carbocycles. The minimum Gasteiger partial charge on any atom is -0.466 e. The van der Waals surface area contributed by atoms with Crippen molar-refractivity contribution in [3.05, 3.63) is 48.0 Å². The van der Waals surface area contributed by atoms with E-state index in [-0.39, 0.29) is 12.0 Å². The highest BCUT2D eigenvalue weighted by molar-refractivity contribution is 8.01. The van der Waals surface area contributed by atoms with Crippen LogP contribution < -0.4 is 4.74 Å². The normalized spacial score (nSPS) is 15.1. The van der Waals surface area contributed by atoms with Gasteiger partial charge in [0.05, 0.1) is 11.9 Å². The largest absolute Gasteiger partial charge is 0.466 e. The number of carbonyl (C=O) groups excluding carboxylic acids is 1. The Bertz CT molecular complexity index is 994. The highest BCUT2D eigenvalue weighted by atomic mass is 32.2. The van der Waals surface area contributed by atoms with Crippen LogP contribution >= 0.6 is 23.1 Å². The molecule has 2 aromatic carbocycles. The van der Waals surface area contributed by atoms with Crippen molar-refractivity contribution in [3.8, 4) is 5.19 Å². The Hall–Kier alpha value is -2.16. The maximum absolute atomic E-state index is 12.6. The highest BCUT2D eigenvalue weighted by Gasteiger charge is 2.22. The van der Waals surface area contributed by atoms with Crippen LogP contribution in [0.15, 0.2) is 46.8 Å². The van der Waals surface area contributed by atoms with Gasteiger partial charge in [-0.2, -0.15) is 0 Å². The summed E-state index contributed by atoms with van der Waals surface area (Å²) in [4.78, 5) is 17.0. The average molecular weight is 443 g/mol. The third-order valence-electron chi connectivity index (χ3n) is 5.04.